The lowest BCUT2D eigenvalue weighted by molar-refractivity contribution is -0.336. The van der Waals surface area contributed by atoms with Crippen LogP contribution in [0.4, 0.5) is 0 Å². The van der Waals surface area contributed by atoms with Crippen LogP contribution < -0.4 is 25.0 Å². The lowest BCUT2D eigenvalue weighted by Crippen LogP contribution is -2.65. The van der Waals surface area contributed by atoms with E-state index in [4.69, 9.17) is 61.7 Å². The van der Waals surface area contributed by atoms with Crippen LogP contribution in [-0.2, 0) is 57.1 Å². The zero-order valence-electron chi connectivity index (χ0n) is 51.6. The van der Waals surface area contributed by atoms with E-state index in [1.54, 1.807) is 59.1 Å². The summed E-state index contributed by atoms with van der Waals surface area (Å²) in [7, 11) is 9.20. The third-order valence-electron chi connectivity index (χ3n) is 16.2. The highest BCUT2D eigenvalue weighted by Crippen LogP contribution is 2.49. The average molecular weight is 1440 g/mol. The number of carbonyl (C=O) groups is 4. The minimum Gasteiger partial charge on any atom is -0.492 e. The standard InChI is InChI=1S/C62H77IN2O23S3/c1-11-64-36-28-81-43(26-40(36)76-6)86-55-50(70)48(65-88-44-25-37(66)57(32(5)82-44)90-59(74)45-29(2)47(63)53(56(80-10)52(45)78-8)87-60-51(71)54(79-9)49(69)31(4)84-60)30(3)83-61(55)85-39-19-14-12-13-17-22-62(75)27-38(67)34(24-42(68)77-7)46(39)35(62)21-23-89-91-41-20-16-15-18-33(41)58(72)73/h12-13,15-16,18,20-21,30-32,36-37,39-40,43-44,48-51,54-55,57,60-61,64-66,69-71,75H,11,23-28H2,1-10H3,(H,72,73)/b13-12-,35-21+/t30-,31+,32-,36+,37+,39+,40+,43+,44+,48-,49+,50+,51-,54-,55-,57-,60+,61+,62+/m1/s1. The second kappa shape index (κ2) is 32.8. The molecule has 0 unspecified atom stereocenters. The number of hydrogen-bond acceptors (Lipinski definition) is 27. The number of aliphatic hydroxyl groups excluding tert-OH is 4. The van der Waals surface area contributed by atoms with E-state index in [0.29, 0.717) is 20.6 Å². The third-order valence-corrected chi connectivity index (χ3v) is 21.1. The zero-order chi connectivity index (χ0) is 66.0. The van der Waals surface area contributed by atoms with E-state index < -0.39 is 145 Å². The normalized spacial score (nSPS) is 34.0. The molecule has 498 valence electrons. The molecule has 8 N–H and O–H groups in total. The fourth-order valence-corrected chi connectivity index (χ4v) is 15.2. The number of hydrogen-bond donors (Lipinski definition) is 8. The molecule has 0 spiro atoms. The number of carboxylic acids is 1. The number of hydroxylamine groups is 1. The maximum atomic E-state index is 14.5. The predicted molar refractivity (Wildman–Crippen MR) is 339 cm³/mol. The molecule has 2 bridgehead atoms. The Morgan fingerprint density at radius 2 is 1.58 bits per heavy atom. The first-order chi connectivity index (χ1) is 43.5. The van der Waals surface area contributed by atoms with Crippen LogP contribution in [0.25, 0.3) is 0 Å². The molecule has 91 heavy (non-hydrogen) atoms. The van der Waals surface area contributed by atoms with Gasteiger partial charge in [-0.05, 0) is 86.7 Å². The number of carboxylic acid groups (broad SMARTS) is 1. The number of aliphatic hydroxyl groups is 5. The molecular weight excluding hydrogens is 1360 g/mol. The quantitative estimate of drug-likeness (QED) is 0.0184. The number of fused-ring (bicyclic) bond motifs is 2. The second-order valence-electron chi connectivity index (χ2n) is 22.0. The average Bonchev–Trinajstić information content (AvgIpc) is 0.772. The Labute approximate surface area is 553 Å². The summed E-state index contributed by atoms with van der Waals surface area (Å²) < 4.78 is 72.9. The monoisotopic (exact) mass is 1440 g/mol. The van der Waals surface area contributed by atoms with E-state index in [1.807, 2.05) is 29.5 Å². The molecule has 2 aromatic carbocycles. The molecular formula is C62H77IN2O23S3. The maximum Gasteiger partial charge on any atom is 0.336 e. The predicted octanol–water partition coefficient (Wildman–Crippen LogP) is 3.93. The van der Waals surface area contributed by atoms with Crippen molar-refractivity contribution in [2.24, 2.45) is 0 Å². The SMILES string of the molecule is CCN[C@H]1CO[C@@H](O[C@H]2[C@H](O[C@H]3C#C/C=C\C#C[C@]4(O)CC(=O)C(CC(=O)OC)=C3/C4=C\CSSc3ccccc3C(=O)O)O[C@H](C)[C@@H](NO[C@H]3C[C@H](O)[C@H](SC(=O)c4c(C)c(I)c(O[C@@H]5O[C@@H](C)[C@H](O)[C@@H](OC)[C@H]5O)c(OC)c4OC)[C@@H](C)O3)[C@@H]2O)C[C@@H]1OC. The summed E-state index contributed by atoms with van der Waals surface area (Å²) in [5, 5.41) is 70.4. The number of Topliss-reactive ketones (excluding diaryl/α,β-unsaturated/α-hetero) is 1. The van der Waals surface area contributed by atoms with Crippen LogP contribution in [0, 0.1) is 34.2 Å². The Morgan fingerprint density at radius 1 is 0.857 bits per heavy atom. The number of nitrogens with one attached hydrogen (secondary N) is 2. The fraction of sp³-hybridized carbons (Fsp3) is 0.581. The minimum atomic E-state index is -2.15. The summed E-state index contributed by atoms with van der Waals surface area (Å²) in [6.45, 7) is 9.30. The molecule has 19 atom stereocenters. The maximum absolute atomic E-state index is 14.5. The summed E-state index contributed by atoms with van der Waals surface area (Å²) in [5.74, 6) is 9.21. The van der Waals surface area contributed by atoms with Crippen LogP contribution in [0.5, 0.6) is 17.2 Å². The molecule has 29 heteroatoms. The first-order valence-electron chi connectivity index (χ1n) is 29.2. The van der Waals surface area contributed by atoms with Crippen LogP contribution >= 0.6 is 55.9 Å². The van der Waals surface area contributed by atoms with E-state index in [9.17, 15) is 49.8 Å². The summed E-state index contributed by atoms with van der Waals surface area (Å²) in [6.07, 6.45) is -14.0. The van der Waals surface area contributed by atoms with Crippen LogP contribution in [-0.4, -0.2) is 223 Å². The smallest absolute Gasteiger partial charge is 0.336 e. The van der Waals surface area contributed by atoms with Crippen molar-refractivity contribution in [1.29, 1.82) is 0 Å². The van der Waals surface area contributed by atoms with Crippen LogP contribution in [0.2, 0.25) is 0 Å². The van der Waals surface area contributed by atoms with Gasteiger partial charge in [-0.1, -0.05) is 82.2 Å². The minimum absolute atomic E-state index is 0.00921. The highest BCUT2D eigenvalue weighted by Gasteiger charge is 2.52. The molecule has 0 radical (unpaired) electrons. The molecule has 0 aromatic heterocycles. The Bertz CT molecular complexity index is 3170. The van der Waals surface area contributed by atoms with Crippen molar-refractivity contribution in [3.63, 3.8) is 0 Å². The van der Waals surface area contributed by atoms with E-state index >= 15 is 0 Å². The van der Waals surface area contributed by atoms with Gasteiger partial charge in [0, 0.05) is 54.4 Å². The van der Waals surface area contributed by atoms with Crippen molar-refractivity contribution < 1.29 is 111 Å². The molecule has 4 saturated heterocycles. The first kappa shape index (κ1) is 72.4. The lowest BCUT2D eigenvalue weighted by atomic mass is 9.72. The summed E-state index contributed by atoms with van der Waals surface area (Å²) >= 11 is 2.80. The number of methoxy groups -OCH3 is 5. The largest absolute Gasteiger partial charge is 0.492 e. The van der Waals surface area contributed by atoms with Crippen LogP contribution in [0.3, 0.4) is 0 Å². The molecule has 0 amide bonds. The Hall–Kier alpha value is -4.40. The number of allylic oxidation sites excluding steroid dienone is 2. The van der Waals surface area contributed by atoms with Gasteiger partial charge >= 0.3 is 11.9 Å². The van der Waals surface area contributed by atoms with Crippen LogP contribution in [0.1, 0.15) is 79.7 Å². The number of ether oxygens (including phenoxy) is 12. The molecule has 4 fully saturated rings. The van der Waals surface area contributed by atoms with E-state index in [2.05, 4.69) is 34.5 Å². The van der Waals surface area contributed by atoms with Gasteiger partial charge in [0.25, 0.3) is 0 Å². The van der Waals surface area contributed by atoms with E-state index in [0.717, 1.165) is 11.8 Å². The summed E-state index contributed by atoms with van der Waals surface area (Å²) in [5.41, 5.74) is 1.35. The van der Waals surface area contributed by atoms with Gasteiger partial charge in [-0.3, -0.25) is 19.2 Å². The molecule has 2 aliphatic carbocycles. The number of rotatable bonds is 24. The Kier molecular flexibility index (Phi) is 26.1. The number of aromatic carboxylic acids is 1. The first-order valence-corrected chi connectivity index (χ1v) is 33.5. The van der Waals surface area contributed by atoms with Gasteiger partial charge in [0.1, 0.15) is 36.6 Å². The molecule has 25 nitrogen and oxygen atoms in total. The van der Waals surface area contributed by atoms with Crippen molar-refractivity contribution in [3.8, 4) is 40.9 Å². The van der Waals surface area contributed by atoms with Gasteiger partial charge in [-0.2, -0.15) is 5.48 Å². The van der Waals surface area contributed by atoms with Gasteiger partial charge < -0.3 is 92.8 Å². The van der Waals surface area contributed by atoms with E-state index in [1.165, 1.54) is 68.2 Å². The Balaban J connectivity index is 1.03. The zero-order valence-corrected chi connectivity index (χ0v) is 56.2. The number of esters is 1. The molecule has 6 aliphatic rings. The number of thioether (sulfide) groups is 1. The van der Waals surface area contributed by atoms with Gasteiger partial charge in [-0.25, -0.2) is 4.79 Å². The molecule has 8 rings (SSSR count). The van der Waals surface area contributed by atoms with Crippen molar-refractivity contribution >= 4 is 78.8 Å². The van der Waals surface area contributed by atoms with Gasteiger partial charge in [0.2, 0.25) is 17.2 Å². The second-order valence-corrected chi connectivity index (χ2v) is 26.6. The fourth-order valence-electron chi connectivity index (χ4n) is 11.4. The number of halogens is 1. The van der Waals surface area contributed by atoms with Gasteiger partial charge in [-0.15, -0.1) is 0 Å². The lowest BCUT2D eigenvalue weighted by Gasteiger charge is -2.46. The van der Waals surface area contributed by atoms with Crippen LogP contribution in [0.15, 0.2) is 64.1 Å². The number of ketones is 1. The van der Waals surface area contributed by atoms with Crippen molar-refractivity contribution in [2.75, 3.05) is 54.5 Å². The van der Waals surface area contributed by atoms with E-state index in [-0.39, 0.29) is 76.3 Å². The summed E-state index contributed by atoms with van der Waals surface area (Å²) in [6, 6.07) is 5.13. The molecule has 4 heterocycles. The highest BCUT2D eigenvalue weighted by molar-refractivity contribution is 14.1. The molecule has 4 aliphatic heterocycles. The number of carbonyl (C=O) groups excluding carboxylic acids is 3. The third kappa shape index (κ3) is 16.6. The van der Waals surface area contributed by atoms with Gasteiger partial charge in [0.15, 0.2) is 41.8 Å². The van der Waals surface area contributed by atoms with Crippen molar-refractivity contribution in [1.82, 2.24) is 10.8 Å². The highest BCUT2D eigenvalue weighted by atomic mass is 127. The summed E-state index contributed by atoms with van der Waals surface area (Å²) in [4.78, 5) is 60.7. The Morgan fingerprint density at radius 3 is 2.26 bits per heavy atom. The van der Waals surface area contributed by atoms with Crippen molar-refractivity contribution in [2.45, 2.75) is 180 Å². The molecule has 0 saturated carbocycles. The topological polar surface area (TPSA) is 334 Å². The molecule has 2 aromatic rings. The van der Waals surface area contributed by atoms with Crippen molar-refractivity contribution in [3.05, 3.63) is 79.5 Å². The van der Waals surface area contributed by atoms with Gasteiger partial charge in [0.05, 0.1) is 103 Å². The number of benzene rings is 2. The number of likely N-dealkylation sites (N-methyl/N-ethyl adjacent to an activating group) is 1.